The summed E-state index contributed by atoms with van der Waals surface area (Å²) in [5.41, 5.74) is 5.40. The van der Waals surface area contributed by atoms with Gasteiger partial charge in [-0.1, -0.05) is 300 Å². The number of hydrogen-bond acceptors (Lipinski definition) is 8. The Kier molecular flexibility index (Phi) is 66.7. The van der Waals surface area contributed by atoms with Crippen LogP contribution in [0.25, 0.3) is 0 Å². The highest BCUT2D eigenvalue weighted by Gasteiger charge is 2.26. The van der Waals surface area contributed by atoms with Crippen molar-refractivity contribution in [3.63, 3.8) is 0 Å². The molecule has 3 N–H and O–H groups in total. The van der Waals surface area contributed by atoms with E-state index < -0.39 is 32.5 Å². The van der Waals surface area contributed by atoms with E-state index in [0.29, 0.717) is 12.8 Å². The molecule has 10 heteroatoms. The zero-order valence-electron chi connectivity index (χ0n) is 55.2. The van der Waals surface area contributed by atoms with Crippen LogP contribution in [-0.4, -0.2) is 49.3 Å². The lowest BCUT2D eigenvalue weighted by molar-refractivity contribution is -0.161. The number of carbonyl (C=O) groups excluding carboxylic acids is 2. The molecule has 0 fully saturated rings. The Morgan fingerprint density at radius 1 is 0.345 bits per heavy atom. The van der Waals surface area contributed by atoms with E-state index in [2.05, 4.69) is 184 Å². The van der Waals surface area contributed by atoms with Crippen molar-refractivity contribution in [2.75, 3.05) is 26.4 Å². The van der Waals surface area contributed by atoms with Gasteiger partial charge in [0, 0.05) is 19.4 Å². The molecule has 0 rings (SSSR count). The smallest absolute Gasteiger partial charge is 0.462 e. The van der Waals surface area contributed by atoms with Crippen molar-refractivity contribution in [3.05, 3.63) is 170 Å². The number of allylic oxidation sites excluding steroid dienone is 28. The van der Waals surface area contributed by atoms with Crippen LogP contribution in [0.4, 0.5) is 0 Å². The normalized spacial score (nSPS) is 14.0. The highest BCUT2D eigenvalue weighted by molar-refractivity contribution is 7.47. The van der Waals surface area contributed by atoms with Gasteiger partial charge in [-0.2, -0.15) is 0 Å². The van der Waals surface area contributed by atoms with Gasteiger partial charge < -0.3 is 20.1 Å². The van der Waals surface area contributed by atoms with Crippen LogP contribution in [0, 0.1) is 0 Å². The minimum Gasteiger partial charge on any atom is -0.462 e. The average Bonchev–Trinajstić information content (AvgIpc) is 3.64. The highest BCUT2D eigenvalue weighted by Crippen LogP contribution is 2.43. The number of carbonyl (C=O) groups is 2. The van der Waals surface area contributed by atoms with E-state index in [-0.39, 0.29) is 32.6 Å². The maximum atomic E-state index is 12.8. The van der Waals surface area contributed by atoms with Crippen LogP contribution >= 0.6 is 7.82 Å². The molecule has 0 bridgehead atoms. The molecule has 0 amide bonds. The molecular weight excluding hydrogens is 1100 g/mol. The van der Waals surface area contributed by atoms with Gasteiger partial charge in [0.15, 0.2) is 6.10 Å². The van der Waals surface area contributed by atoms with Crippen LogP contribution < -0.4 is 5.73 Å². The molecule has 87 heavy (non-hydrogen) atoms. The summed E-state index contributed by atoms with van der Waals surface area (Å²) in [7, 11) is -4.41. The number of nitrogens with two attached hydrogens (primary N) is 1. The quantitative estimate of drug-likeness (QED) is 0.0264. The molecule has 0 heterocycles. The zero-order valence-corrected chi connectivity index (χ0v) is 56.1. The molecule has 2 atom stereocenters. The third kappa shape index (κ3) is 70.3. The summed E-state index contributed by atoms with van der Waals surface area (Å²) in [6.07, 6.45) is 104. The molecule has 0 aromatic carbocycles. The van der Waals surface area contributed by atoms with E-state index in [1.165, 1.54) is 89.9 Å². The first-order valence-electron chi connectivity index (χ1n) is 34.6. The lowest BCUT2D eigenvalue weighted by atomic mass is 10.0. The molecule has 0 saturated heterocycles. The van der Waals surface area contributed by atoms with E-state index in [4.69, 9.17) is 24.3 Å². The van der Waals surface area contributed by atoms with Crippen LogP contribution in [0.2, 0.25) is 0 Å². The Bertz CT molecular complexity index is 2030. The van der Waals surface area contributed by atoms with E-state index in [9.17, 15) is 19.0 Å². The molecule has 0 aliphatic rings. The number of unbranched alkanes of at least 4 members (excludes halogenated alkanes) is 22. The molecular formula is C77H126NO8P. The fraction of sp³-hybridized carbons (Fsp3) is 0.610. The average molecular weight is 1220 g/mol. The van der Waals surface area contributed by atoms with Gasteiger partial charge in [-0.25, -0.2) is 4.57 Å². The van der Waals surface area contributed by atoms with Crippen molar-refractivity contribution >= 4 is 19.8 Å². The molecule has 0 aromatic rings. The van der Waals surface area contributed by atoms with Crippen molar-refractivity contribution in [3.8, 4) is 0 Å². The monoisotopic (exact) mass is 1220 g/mol. The van der Waals surface area contributed by atoms with Gasteiger partial charge >= 0.3 is 19.8 Å². The fourth-order valence-electron chi connectivity index (χ4n) is 9.07. The summed E-state index contributed by atoms with van der Waals surface area (Å²) in [4.78, 5) is 35.3. The van der Waals surface area contributed by atoms with E-state index in [0.717, 1.165) is 141 Å². The lowest BCUT2D eigenvalue weighted by Crippen LogP contribution is -2.29. The van der Waals surface area contributed by atoms with Crippen molar-refractivity contribution in [2.45, 2.75) is 277 Å². The number of rotatable bonds is 63. The van der Waals surface area contributed by atoms with Crippen molar-refractivity contribution in [2.24, 2.45) is 5.73 Å². The van der Waals surface area contributed by atoms with Gasteiger partial charge in [-0.05, 0) is 128 Å². The molecule has 0 radical (unpaired) electrons. The summed E-state index contributed by atoms with van der Waals surface area (Å²) < 4.78 is 33.1. The predicted octanol–water partition coefficient (Wildman–Crippen LogP) is 23.0. The topological polar surface area (TPSA) is 134 Å². The molecule has 492 valence electrons. The molecule has 2 unspecified atom stereocenters. The first kappa shape index (κ1) is 82.4. The van der Waals surface area contributed by atoms with E-state index >= 15 is 0 Å². The van der Waals surface area contributed by atoms with Crippen LogP contribution in [-0.2, 0) is 32.7 Å². The number of ether oxygens (including phenoxy) is 2. The Morgan fingerprint density at radius 2 is 0.598 bits per heavy atom. The maximum absolute atomic E-state index is 12.8. The summed E-state index contributed by atoms with van der Waals surface area (Å²) in [6, 6.07) is 0. The van der Waals surface area contributed by atoms with Crippen LogP contribution in [0.1, 0.15) is 271 Å². The largest absolute Gasteiger partial charge is 0.472 e. The van der Waals surface area contributed by atoms with Gasteiger partial charge in [0.2, 0.25) is 0 Å². The molecule has 0 aliphatic carbocycles. The van der Waals surface area contributed by atoms with Crippen molar-refractivity contribution < 1.29 is 37.6 Å². The van der Waals surface area contributed by atoms with Crippen molar-refractivity contribution in [1.29, 1.82) is 0 Å². The van der Waals surface area contributed by atoms with Crippen molar-refractivity contribution in [1.82, 2.24) is 0 Å². The van der Waals surface area contributed by atoms with Gasteiger partial charge in [-0.15, -0.1) is 0 Å². The van der Waals surface area contributed by atoms with Gasteiger partial charge in [0.05, 0.1) is 13.2 Å². The second-order valence-corrected chi connectivity index (χ2v) is 23.7. The van der Waals surface area contributed by atoms with Crippen LogP contribution in [0.3, 0.4) is 0 Å². The minimum atomic E-state index is -4.41. The van der Waals surface area contributed by atoms with Crippen LogP contribution in [0.15, 0.2) is 170 Å². The standard InChI is InChI=1S/C77H126NO8P/c1-3-5-7-9-11-13-15-17-19-21-23-25-27-29-31-32-33-34-35-36-37-38-39-40-41-42-44-46-48-50-52-54-56-58-60-62-64-66-68-70-77(80)86-75(74-85-87(81,82)84-72-71-78)73-83-76(79)69-67-65-63-61-59-57-55-53-51-49-47-45-43-30-28-26-24-22-20-18-16-14-12-10-8-6-4-2/h5-8,11-14,17-20,23-26,29-31,33-34,36-37,43,47,49,53,55,75H,3-4,9-10,15-16,21-22,27-28,32,35,38-42,44-46,48,50-52,54,56-74,78H2,1-2H3,(H,81,82)/b7-5-,8-6-,13-11-,14-12-,19-17-,20-18-,25-23-,26-24-,31-29-,34-33-,37-36-,43-30-,49-47-,55-53-. The SMILES string of the molecule is CC/C=C\C/C=C\C/C=C\C/C=C\C/C=C\C/C=C\C/C=C\CCCCCCCCCCCCCCCCCCCC(=O)OC(COC(=O)CCCCCCC/C=C\C/C=C\C/C=C\C/C=C\C/C=C\C/C=C\C/C=C\CC)COP(=O)(O)OCCN. The Balaban J connectivity index is 3.94. The summed E-state index contributed by atoms with van der Waals surface area (Å²) in [6.45, 7) is 3.49. The molecule has 0 aromatic heterocycles. The fourth-order valence-corrected chi connectivity index (χ4v) is 9.83. The van der Waals surface area contributed by atoms with Gasteiger partial charge in [-0.3, -0.25) is 18.6 Å². The summed E-state index contributed by atoms with van der Waals surface area (Å²) in [5, 5.41) is 0. The van der Waals surface area contributed by atoms with Gasteiger partial charge in [0.1, 0.15) is 6.61 Å². The molecule has 0 saturated carbocycles. The maximum Gasteiger partial charge on any atom is 0.472 e. The third-order valence-electron chi connectivity index (χ3n) is 14.1. The molecule has 0 spiro atoms. The first-order chi connectivity index (χ1) is 42.8. The molecule has 9 nitrogen and oxygen atoms in total. The van der Waals surface area contributed by atoms with E-state index in [1.807, 2.05) is 0 Å². The predicted molar refractivity (Wildman–Crippen MR) is 376 cm³/mol. The number of phosphoric ester groups is 1. The first-order valence-corrected chi connectivity index (χ1v) is 36.1. The zero-order chi connectivity index (χ0) is 63.0. The minimum absolute atomic E-state index is 0.0430. The summed E-state index contributed by atoms with van der Waals surface area (Å²) in [5.74, 6) is -0.855. The molecule has 0 aliphatic heterocycles. The van der Waals surface area contributed by atoms with Crippen LogP contribution in [0.5, 0.6) is 0 Å². The Morgan fingerprint density at radius 3 is 0.885 bits per heavy atom. The second kappa shape index (κ2) is 70.5. The highest BCUT2D eigenvalue weighted by atomic mass is 31.2. The number of esters is 2. The lowest BCUT2D eigenvalue weighted by Gasteiger charge is -2.19. The summed E-state index contributed by atoms with van der Waals surface area (Å²) >= 11 is 0. The second-order valence-electron chi connectivity index (χ2n) is 22.3. The third-order valence-corrected chi connectivity index (χ3v) is 15.1. The van der Waals surface area contributed by atoms with E-state index in [1.54, 1.807) is 0 Å². The van der Waals surface area contributed by atoms with Gasteiger partial charge in [0.25, 0.3) is 0 Å². The Hall–Kier alpha value is -4.63. The number of hydrogen-bond donors (Lipinski definition) is 2. The number of phosphoric acid groups is 1. The Labute approximate surface area is 533 Å².